The molecule has 8 rings (SSSR count). The molecule has 2 saturated heterocycles. The van der Waals surface area contributed by atoms with Crippen LogP contribution in [0.5, 0.6) is 28.7 Å². The first-order valence-electron chi connectivity index (χ1n) is 17.5. The van der Waals surface area contributed by atoms with Crippen molar-refractivity contribution in [1.29, 1.82) is 5.26 Å². The van der Waals surface area contributed by atoms with E-state index < -0.39 is 57.5 Å². The maximum absolute atomic E-state index is 17.1. The minimum atomic E-state index is -1.27. The van der Waals surface area contributed by atoms with Crippen LogP contribution < -0.4 is 19.8 Å². The molecule has 2 fully saturated rings. The zero-order valence-electron chi connectivity index (χ0n) is 29.2. The smallest absolute Gasteiger partial charge is 0.410 e. The van der Waals surface area contributed by atoms with Crippen molar-refractivity contribution in [2.75, 3.05) is 13.2 Å². The zero-order valence-corrected chi connectivity index (χ0v) is 30.0. The second-order valence-corrected chi connectivity index (χ2v) is 14.9. The number of rotatable bonds is 4. The number of carbonyl (C=O) groups is 1. The van der Waals surface area contributed by atoms with E-state index in [1.54, 1.807) is 25.7 Å². The Bertz CT molecular complexity index is 2250. The number of carbonyl (C=O) groups excluding carboxylic acids is 1. The fraction of sp³-hybridized carbons (Fsp3) is 0.385. The van der Waals surface area contributed by atoms with Gasteiger partial charge < -0.3 is 28.6 Å². The Labute approximate surface area is 308 Å². The lowest BCUT2D eigenvalue weighted by Crippen LogP contribution is -2.53. The van der Waals surface area contributed by atoms with E-state index in [1.807, 2.05) is 36.4 Å². The molecule has 0 saturated carbocycles. The van der Waals surface area contributed by atoms with Crippen molar-refractivity contribution in [3.8, 4) is 45.9 Å². The topological polar surface area (TPSA) is 125 Å². The van der Waals surface area contributed by atoms with Gasteiger partial charge in [-0.15, -0.1) is 0 Å². The molecule has 0 aliphatic carbocycles. The van der Waals surface area contributed by atoms with Crippen molar-refractivity contribution >= 4 is 17.7 Å². The van der Waals surface area contributed by atoms with Gasteiger partial charge in [-0.25, -0.2) is 13.6 Å². The first-order valence-corrected chi connectivity index (χ1v) is 17.9. The summed E-state index contributed by atoms with van der Waals surface area (Å²) >= 11 is 6.72. The Morgan fingerprint density at radius 1 is 1.04 bits per heavy atom. The number of aromatic nitrogens is 2. The molecule has 0 spiro atoms. The number of likely N-dealkylation sites (tertiary alicyclic amines) is 1. The average molecular weight is 745 g/mol. The highest BCUT2D eigenvalue weighted by Crippen LogP contribution is 2.55. The van der Waals surface area contributed by atoms with Crippen LogP contribution in [0.15, 0.2) is 53.5 Å². The maximum atomic E-state index is 17.1. The predicted octanol–water partition coefficient (Wildman–Crippen LogP) is 8.54. The van der Waals surface area contributed by atoms with Crippen LogP contribution in [-0.2, 0) is 21.5 Å². The number of benzene rings is 3. The van der Waals surface area contributed by atoms with Gasteiger partial charge in [0.15, 0.2) is 29.1 Å². The summed E-state index contributed by atoms with van der Waals surface area (Å²) in [7, 11) is 0. The van der Waals surface area contributed by atoms with E-state index in [-0.39, 0.29) is 46.1 Å². The fourth-order valence-electron chi connectivity index (χ4n) is 7.77. The van der Waals surface area contributed by atoms with Crippen LogP contribution in [0, 0.1) is 23.0 Å². The SMILES string of the molecule is CC(C)(C)OC(=O)N1CCC[C@H]1[C@@]1(c2ccccc2)Cc2c(cc(F)c(Cl)c2-c2c(C#N)cc3c(c2F)Oc2c(cnn(C4CCCCO4)c2=O)O3)O1. The molecular weight excluding hydrogens is 710 g/mol. The van der Waals surface area contributed by atoms with Gasteiger partial charge >= 0.3 is 11.7 Å². The molecule has 53 heavy (non-hydrogen) atoms. The molecule has 0 radical (unpaired) electrons. The van der Waals surface area contributed by atoms with Crippen LogP contribution in [0.25, 0.3) is 11.1 Å². The summed E-state index contributed by atoms with van der Waals surface area (Å²) in [5, 5.41) is 14.1. The molecule has 274 valence electrons. The van der Waals surface area contributed by atoms with Crippen molar-refractivity contribution in [3.63, 3.8) is 0 Å². The maximum Gasteiger partial charge on any atom is 0.410 e. The molecule has 0 bridgehead atoms. The minimum absolute atomic E-state index is 0.0327. The summed E-state index contributed by atoms with van der Waals surface area (Å²) < 4.78 is 64.2. The Morgan fingerprint density at radius 2 is 1.83 bits per heavy atom. The largest absolute Gasteiger partial charge is 0.480 e. The van der Waals surface area contributed by atoms with Gasteiger partial charge in [-0.2, -0.15) is 15.0 Å². The molecule has 1 unspecified atom stereocenters. The number of ether oxygens (including phenoxy) is 5. The molecule has 1 amide bonds. The van der Waals surface area contributed by atoms with Crippen LogP contribution >= 0.6 is 11.6 Å². The van der Waals surface area contributed by atoms with Crippen molar-refractivity contribution in [2.45, 2.75) is 82.8 Å². The molecular formula is C39H35ClF2N4O7. The summed E-state index contributed by atoms with van der Waals surface area (Å²) in [4.78, 5) is 28.8. The molecule has 5 heterocycles. The Balaban J connectivity index is 1.26. The number of hydrogen-bond donors (Lipinski definition) is 0. The van der Waals surface area contributed by atoms with E-state index in [1.165, 1.54) is 12.3 Å². The van der Waals surface area contributed by atoms with E-state index in [0.29, 0.717) is 43.5 Å². The molecule has 3 aromatic carbocycles. The Hall–Kier alpha value is -5.19. The lowest BCUT2D eigenvalue weighted by Gasteiger charge is -2.40. The first kappa shape index (κ1) is 34.9. The molecule has 4 aliphatic heterocycles. The van der Waals surface area contributed by atoms with Crippen molar-refractivity contribution < 1.29 is 37.3 Å². The predicted molar refractivity (Wildman–Crippen MR) is 187 cm³/mol. The van der Waals surface area contributed by atoms with Crippen LogP contribution in [0.1, 0.15) is 75.8 Å². The van der Waals surface area contributed by atoms with Gasteiger partial charge in [0.25, 0.3) is 0 Å². The third kappa shape index (κ3) is 5.84. The molecule has 14 heteroatoms. The van der Waals surface area contributed by atoms with Gasteiger partial charge in [-0.05, 0) is 58.4 Å². The lowest BCUT2D eigenvalue weighted by molar-refractivity contribution is -0.0430. The molecule has 4 aliphatic rings. The van der Waals surface area contributed by atoms with Crippen molar-refractivity contribution in [1.82, 2.24) is 14.7 Å². The number of nitrogens with zero attached hydrogens (tertiary/aromatic N) is 4. The second kappa shape index (κ2) is 13.0. The van der Waals surface area contributed by atoms with Gasteiger partial charge in [0.2, 0.25) is 11.5 Å². The fourth-order valence-corrected chi connectivity index (χ4v) is 8.03. The van der Waals surface area contributed by atoms with E-state index in [0.717, 1.165) is 23.6 Å². The minimum Gasteiger partial charge on any atom is -0.480 e. The van der Waals surface area contributed by atoms with Gasteiger partial charge in [0, 0.05) is 48.4 Å². The highest BCUT2D eigenvalue weighted by Gasteiger charge is 2.54. The third-order valence-electron chi connectivity index (χ3n) is 10.0. The normalized spacial score (nSPS) is 21.7. The number of fused-ring (bicyclic) bond motifs is 3. The summed E-state index contributed by atoms with van der Waals surface area (Å²) in [5.74, 6) is -2.98. The second-order valence-electron chi connectivity index (χ2n) is 14.6. The van der Waals surface area contributed by atoms with Crippen molar-refractivity contribution in [3.05, 3.63) is 92.4 Å². The molecule has 4 aromatic rings. The summed E-state index contributed by atoms with van der Waals surface area (Å²) in [5.41, 5.74) is -2.39. The van der Waals surface area contributed by atoms with E-state index in [9.17, 15) is 14.9 Å². The van der Waals surface area contributed by atoms with Gasteiger partial charge in [-0.1, -0.05) is 41.9 Å². The summed E-state index contributed by atoms with van der Waals surface area (Å²) in [6, 6.07) is 13.0. The van der Waals surface area contributed by atoms with E-state index >= 15 is 8.78 Å². The number of halogens is 3. The first-order chi connectivity index (χ1) is 25.4. The molecule has 11 nitrogen and oxygen atoms in total. The Morgan fingerprint density at radius 3 is 2.55 bits per heavy atom. The van der Waals surface area contributed by atoms with Gasteiger partial charge in [-0.3, -0.25) is 4.79 Å². The molecule has 3 atom stereocenters. The number of nitriles is 1. The van der Waals surface area contributed by atoms with Crippen LogP contribution in [0.3, 0.4) is 0 Å². The average Bonchev–Trinajstić information content (AvgIpc) is 3.79. The zero-order chi connectivity index (χ0) is 37.2. The molecule has 0 N–H and O–H groups in total. The monoisotopic (exact) mass is 744 g/mol. The van der Waals surface area contributed by atoms with Crippen LogP contribution in [-0.4, -0.2) is 45.6 Å². The van der Waals surface area contributed by atoms with Gasteiger partial charge in [0.1, 0.15) is 23.2 Å². The van der Waals surface area contributed by atoms with E-state index in [4.69, 9.17) is 35.3 Å². The number of amides is 1. The highest BCUT2D eigenvalue weighted by molar-refractivity contribution is 6.34. The standard InChI is InChI=1S/C39H35ClF2N4O7/c1-38(2,3)53-37(48)45-14-9-12-28(45)39(22-10-5-4-6-11-22)18-23-25(52-39)17-24(41)32(40)31(23)30-21(19-43)16-26-34(33(30)42)51-35-27(50-26)20-44-46(36(35)47)29-13-7-8-15-49-29/h4-6,10-11,16-17,20,28-29H,7-9,12-15,18H2,1-3H3/t28-,29?,39-/m0/s1. The highest BCUT2D eigenvalue weighted by atomic mass is 35.5. The summed E-state index contributed by atoms with van der Waals surface area (Å²) in [6.45, 7) is 6.21. The third-order valence-corrected chi connectivity index (χ3v) is 10.4. The van der Waals surface area contributed by atoms with Gasteiger partial charge in [0.05, 0.1) is 22.8 Å². The lowest BCUT2D eigenvalue weighted by atomic mass is 9.79. The van der Waals surface area contributed by atoms with Crippen LogP contribution in [0.4, 0.5) is 13.6 Å². The molecule has 1 aromatic heterocycles. The quantitative estimate of drug-likeness (QED) is 0.178. The Kier molecular flexibility index (Phi) is 8.58. The summed E-state index contributed by atoms with van der Waals surface area (Å²) in [6.07, 6.45) is 3.59. The number of hydrogen-bond acceptors (Lipinski definition) is 9. The van der Waals surface area contributed by atoms with Crippen molar-refractivity contribution in [2.24, 2.45) is 0 Å². The van der Waals surface area contributed by atoms with Crippen LogP contribution in [0.2, 0.25) is 5.02 Å². The van der Waals surface area contributed by atoms with E-state index in [2.05, 4.69) is 5.10 Å².